The van der Waals surface area contributed by atoms with E-state index in [1.807, 2.05) is 18.0 Å². The van der Waals surface area contributed by atoms with E-state index >= 15 is 0 Å². The molecule has 112 valence electrons. The predicted octanol–water partition coefficient (Wildman–Crippen LogP) is 1.79. The van der Waals surface area contributed by atoms with Crippen LogP contribution >= 0.6 is 0 Å². The summed E-state index contributed by atoms with van der Waals surface area (Å²) in [6.07, 6.45) is 3.00. The Morgan fingerprint density at radius 2 is 2.00 bits per heavy atom. The summed E-state index contributed by atoms with van der Waals surface area (Å²) in [4.78, 5) is 17.2. The number of hydrogen-bond donors (Lipinski definition) is 0. The number of hydrogen-bond acceptors (Lipinski definition) is 3. The van der Waals surface area contributed by atoms with Crippen LogP contribution in [0.2, 0.25) is 0 Å². The highest BCUT2D eigenvalue weighted by Crippen LogP contribution is 2.47. The van der Waals surface area contributed by atoms with Crippen molar-refractivity contribution >= 4 is 11.6 Å². The number of amides is 1. The minimum atomic E-state index is -0.276. The third-order valence-electron chi connectivity index (χ3n) is 5.57. The molecular formula is C17H22N2O2. The van der Waals surface area contributed by atoms with E-state index in [0.717, 1.165) is 51.3 Å². The van der Waals surface area contributed by atoms with Gasteiger partial charge in [-0.1, -0.05) is 18.2 Å². The van der Waals surface area contributed by atoms with Crippen molar-refractivity contribution in [2.45, 2.75) is 30.7 Å². The van der Waals surface area contributed by atoms with Gasteiger partial charge in [0.25, 0.3) is 0 Å². The number of anilines is 1. The van der Waals surface area contributed by atoms with Gasteiger partial charge in [-0.05, 0) is 44.0 Å². The number of piperidine rings is 1. The van der Waals surface area contributed by atoms with Gasteiger partial charge in [0, 0.05) is 25.4 Å². The molecule has 0 saturated carbocycles. The molecule has 0 N–H and O–H groups in total. The molecule has 3 aliphatic rings. The zero-order chi connectivity index (χ0) is 14.4. The first-order valence-electron chi connectivity index (χ1n) is 7.92. The van der Waals surface area contributed by atoms with E-state index in [0.29, 0.717) is 6.04 Å². The number of ether oxygens (including phenoxy) is 1. The molecule has 0 radical (unpaired) electrons. The maximum atomic E-state index is 12.8. The van der Waals surface area contributed by atoms with Crippen LogP contribution in [0.4, 0.5) is 5.69 Å². The van der Waals surface area contributed by atoms with E-state index in [1.165, 1.54) is 5.56 Å². The number of fused-ring (bicyclic) bond motifs is 2. The van der Waals surface area contributed by atoms with Crippen LogP contribution in [0.1, 0.15) is 24.8 Å². The molecule has 4 nitrogen and oxygen atoms in total. The molecule has 0 unspecified atom stereocenters. The lowest BCUT2D eigenvalue weighted by Gasteiger charge is -2.40. The second-order valence-electron chi connectivity index (χ2n) is 6.52. The van der Waals surface area contributed by atoms with E-state index in [4.69, 9.17) is 4.74 Å². The van der Waals surface area contributed by atoms with Gasteiger partial charge in [0.2, 0.25) is 5.91 Å². The molecule has 0 aromatic heterocycles. The Morgan fingerprint density at radius 1 is 1.24 bits per heavy atom. The van der Waals surface area contributed by atoms with Crippen LogP contribution in [0.15, 0.2) is 24.3 Å². The second-order valence-corrected chi connectivity index (χ2v) is 6.52. The van der Waals surface area contributed by atoms with Crippen LogP contribution in [0.25, 0.3) is 0 Å². The standard InChI is InChI=1S/C17H22N2O2/c1-18-15-5-3-2-4-14(15)17(16(18)20)7-9-19(10-8-17)13-6-11-21-12-13/h2-5,13H,6-12H2,1H3/t13-/m1/s1. The highest BCUT2D eigenvalue weighted by Gasteiger charge is 2.51. The van der Waals surface area contributed by atoms with Crippen LogP contribution in [-0.4, -0.2) is 50.2 Å². The van der Waals surface area contributed by atoms with Crippen LogP contribution < -0.4 is 4.90 Å². The summed E-state index contributed by atoms with van der Waals surface area (Å²) in [6.45, 7) is 3.75. The number of para-hydroxylation sites is 1. The SMILES string of the molecule is CN1C(=O)C2(CCN([C@@H]3CCOC3)CC2)c2ccccc21. The van der Waals surface area contributed by atoms with Gasteiger partial charge in [0.05, 0.1) is 12.0 Å². The quantitative estimate of drug-likeness (QED) is 0.789. The first kappa shape index (κ1) is 13.3. The van der Waals surface area contributed by atoms with E-state index in [1.54, 1.807) is 0 Å². The van der Waals surface area contributed by atoms with Gasteiger partial charge in [-0.15, -0.1) is 0 Å². The highest BCUT2D eigenvalue weighted by molar-refractivity contribution is 6.07. The molecule has 1 atom stereocenters. The third-order valence-corrected chi connectivity index (χ3v) is 5.57. The zero-order valence-electron chi connectivity index (χ0n) is 12.5. The van der Waals surface area contributed by atoms with Crippen LogP contribution in [-0.2, 0) is 14.9 Å². The van der Waals surface area contributed by atoms with Gasteiger partial charge in [0.15, 0.2) is 0 Å². The number of rotatable bonds is 1. The number of benzene rings is 1. The second kappa shape index (κ2) is 4.82. The zero-order valence-corrected chi connectivity index (χ0v) is 12.5. The van der Waals surface area contributed by atoms with Gasteiger partial charge in [0.1, 0.15) is 0 Å². The first-order valence-corrected chi connectivity index (χ1v) is 7.92. The number of nitrogens with zero attached hydrogens (tertiary/aromatic N) is 2. The van der Waals surface area contributed by atoms with Gasteiger partial charge in [-0.2, -0.15) is 0 Å². The van der Waals surface area contributed by atoms with Crippen molar-refractivity contribution in [2.75, 3.05) is 38.3 Å². The summed E-state index contributed by atoms with van der Waals surface area (Å²) >= 11 is 0. The van der Waals surface area contributed by atoms with Crippen molar-refractivity contribution in [1.29, 1.82) is 0 Å². The lowest BCUT2D eigenvalue weighted by atomic mass is 9.73. The molecule has 0 bridgehead atoms. The monoisotopic (exact) mass is 286 g/mol. The van der Waals surface area contributed by atoms with Gasteiger partial charge >= 0.3 is 0 Å². The molecule has 1 amide bonds. The molecular weight excluding hydrogens is 264 g/mol. The fourth-order valence-electron chi connectivity index (χ4n) is 4.28. The molecule has 1 aromatic rings. The number of carbonyl (C=O) groups is 1. The van der Waals surface area contributed by atoms with Crippen molar-refractivity contribution in [3.8, 4) is 0 Å². The summed E-state index contributed by atoms with van der Waals surface area (Å²) in [5.41, 5.74) is 2.06. The summed E-state index contributed by atoms with van der Waals surface area (Å²) < 4.78 is 5.50. The smallest absolute Gasteiger partial charge is 0.237 e. The average Bonchev–Trinajstić information content (AvgIpc) is 3.13. The Hall–Kier alpha value is -1.39. The van der Waals surface area contributed by atoms with Gasteiger partial charge < -0.3 is 9.64 Å². The van der Waals surface area contributed by atoms with Crippen molar-refractivity contribution in [3.63, 3.8) is 0 Å². The topological polar surface area (TPSA) is 32.8 Å². The molecule has 0 aliphatic carbocycles. The Balaban J connectivity index is 1.60. The van der Waals surface area contributed by atoms with Crippen molar-refractivity contribution in [1.82, 2.24) is 4.90 Å². The first-order chi connectivity index (χ1) is 10.2. The van der Waals surface area contributed by atoms with E-state index in [9.17, 15) is 4.79 Å². The van der Waals surface area contributed by atoms with E-state index < -0.39 is 0 Å². The normalized spacial score (nSPS) is 28.3. The third kappa shape index (κ3) is 1.86. The molecule has 1 spiro atoms. The van der Waals surface area contributed by atoms with Crippen molar-refractivity contribution in [2.24, 2.45) is 0 Å². The highest BCUT2D eigenvalue weighted by atomic mass is 16.5. The number of likely N-dealkylation sites (tertiary alicyclic amines) is 1. The fourth-order valence-corrected chi connectivity index (χ4v) is 4.28. The Kier molecular flexibility index (Phi) is 3.05. The fraction of sp³-hybridized carbons (Fsp3) is 0.588. The Bertz CT molecular complexity index is 558. The molecule has 3 aliphatic heterocycles. The lowest BCUT2D eigenvalue weighted by Crippen LogP contribution is -2.50. The van der Waals surface area contributed by atoms with Crippen molar-refractivity contribution < 1.29 is 9.53 Å². The van der Waals surface area contributed by atoms with Crippen LogP contribution in [0.3, 0.4) is 0 Å². The van der Waals surface area contributed by atoms with Gasteiger partial charge in [-0.25, -0.2) is 0 Å². The van der Waals surface area contributed by atoms with Crippen LogP contribution in [0.5, 0.6) is 0 Å². The minimum Gasteiger partial charge on any atom is -0.380 e. The summed E-state index contributed by atoms with van der Waals surface area (Å²) in [6, 6.07) is 8.85. The number of carbonyl (C=O) groups excluding carboxylic acids is 1. The average molecular weight is 286 g/mol. The summed E-state index contributed by atoms with van der Waals surface area (Å²) in [7, 11) is 1.91. The van der Waals surface area contributed by atoms with Crippen LogP contribution in [0, 0.1) is 0 Å². The Labute approximate surface area is 125 Å². The predicted molar refractivity (Wildman–Crippen MR) is 81.6 cm³/mol. The molecule has 4 rings (SSSR count). The summed E-state index contributed by atoms with van der Waals surface area (Å²) in [5, 5.41) is 0. The molecule has 2 fully saturated rings. The lowest BCUT2D eigenvalue weighted by molar-refractivity contribution is -0.124. The maximum absolute atomic E-state index is 12.8. The van der Waals surface area contributed by atoms with Gasteiger partial charge in [-0.3, -0.25) is 9.69 Å². The molecule has 21 heavy (non-hydrogen) atoms. The number of likely N-dealkylation sites (N-methyl/N-ethyl adjacent to an activating group) is 1. The molecule has 2 saturated heterocycles. The maximum Gasteiger partial charge on any atom is 0.237 e. The van der Waals surface area contributed by atoms with E-state index in [-0.39, 0.29) is 11.3 Å². The molecule has 4 heteroatoms. The Morgan fingerprint density at radius 3 is 2.71 bits per heavy atom. The molecule has 1 aromatic carbocycles. The molecule has 3 heterocycles. The summed E-state index contributed by atoms with van der Waals surface area (Å²) in [5.74, 6) is 0.283. The largest absolute Gasteiger partial charge is 0.380 e. The van der Waals surface area contributed by atoms with Crippen molar-refractivity contribution in [3.05, 3.63) is 29.8 Å². The minimum absolute atomic E-state index is 0.276. The van der Waals surface area contributed by atoms with E-state index in [2.05, 4.69) is 23.1 Å².